The number of rotatable bonds is 13. The highest BCUT2D eigenvalue weighted by molar-refractivity contribution is 5.81. The molecule has 1 amide bonds. The summed E-state index contributed by atoms with van der Waals surface area (Å²) in [5.41, 5.74) is 0. The molecule has 0 fully saturated rings. The van der Waals surface area contributed by atoms with E-state index in [1.54, 1.807) is 6.92 Å². The van der Waals surface area contributed by atoms with E-state index < -0.39 is 0 Å². The van der Waals surface area contributed by atoms with Crippen molar-refractivity contribution >= 4 is 11.7 Å². The summed E-state index contributed by atoms with van der Waals surface area (Å²) in [6.07, 6.45) is 0.489. The van der Waals surface area contributed by atoms with Gasteiger partial charge in [-0.2, -0.15) is 0 Å². The Kier molecular flexibility index (Phi) is 12.4. The van der Waals surface area contributed by atoms with Crippen LogP contribution < -0.4 is 5.32 Å². The van der Waals surface area contributed by atoms with Crippen LogP contribution in [-0.4, -0.2) is 57.9 Å². The molecule has 0 spiro atoms. The minimum atomic E-state index is 0.0116. The summed E-state index contributed by atoms with van der Waals surface area (Å²) in [5.74, 6) is 0.137. The number of hydrogen-bond acceptors (Lipinski definition) is 5. The fourth-order valence-corrected chi connectivity index (χ4v) is 1.17. The Bertz CT molecular complexity index is 268. The number of hydrogen-bond donors (Lipinski definition) is 1. The zero-order valence-corrected chi connectivity index (χ0v) is 12.8. The van der Waals surface area contributed by atoms with E-state index >= 15 is 0 Å². The van der Waals surface area contributed by atoms with Gasteiger partial charge in [0, 0.05) is 18.9 Å². The van der Waals surface area contributed by atoms with Gasteiger partial charge in [0.05, 0.1) is 33.0 Å². The van der Waals surface area contributed by atoms with Gasteiger partial charge in [-0.3, -0.25) is 9.59 Å². The van der Waals surface area contributed by atoms with Crippen molar-refractivity contribution in [2.24, 2.45) is 5.92 Å². The van der Waals surface area contributed by atoms with Gasteiger partial charge in [-0.1, -0.05) is 20.8 Å². The average molecular weight is 289 g/mol. The zero-order valence-electron chi connectivity index (χ0n) is 12.8. The molecule has 0 aliphatic rings. The molecule has 0 rings (SSSR count). The van der Waals surface area contributed by atoms with Gasteiger partial charge < -0.3 is 19.5 Å². The van der Waals surface area contributed by atoms with Crippen LogP contribution in [-0.2, 0) is 23.8 Å². The normalized spacial score (nSPS) is 10.8. The largest absolute Gasteiger partial charge is 0.377 e. The first-order valence-electron chi connectivity index (χ1n) is 7.10. The number of ether oxygens (including phenoxy) is 3. The van der Waals surface area contributed by atoms with E-state index in [-0.39, 0.29) is 24.2 Å². The van der Waals surface area contributed by atoms with Crippen LogP contribution in [0.3, 0.4) is 0 Å². The first-order chi connectivity index (χ1) is 9.57. The van der Waals surface area contributed by atoms with Gasteiger partial charge in [-0.25, -0.2) is 0 Å². The monoisotopic (exact) mass is 289 g/mol. The molecule has 0 heterocycles. The summed E-state index contributed by atoms with van der Waals surface area (Å²) in [4.78, 5) is 22.1. The van der Waals surface area contributed by atoms with Crippen LogP contribution in [0.2, 0.25) is 0 Å². The minimum Gasteiger partial charge on any atom is -0.377 e. The Labute approximate surface area is 121 Å². The summed E-state index contributed by atoms with van der Waals surface area (Å²) in [5, 5.41) is 2.71. The van der Waals surface area contributed by atoms with Crippen LogP contribution in [0.5, 0.6) is 0 Å². The van der Waals surface area contributed by atoms with Gasteiger partial charge in [0.2, 0.25) is 5.91 Å². The number of nitrogens with one attached hydrogen (secondary N) is 1. The first kappa shape index (κ1) is 19.0. The van der Waals surface area contributed by atoms with E-state index in [1.165, 1.54) is 0 Å². The maximum absolute atomic E-state index is 11.2. The van der Waals surface area contributed by atoms with E-state index in [1.807, 2.05) is 13.8 Å². The number of amides is 1. The maximum Gasteiger partial charge on any atom is 0.219 e. The van der Waals surface area contributed by atoms with E-state index in [4.69, 9.17) is 14.2 Å². The molecule has 0 aliphatic heterocycles. The maximum atomic E-state index is 11.2. The van der Waals surface area contributed by atoms with Gasteiger partial charge in [0.15, 0.2) is 5.78 Å². The molecule has 6 nitrogen and oxygen atoms in total. The van der Waals surface area contributed by atoms with Crippen molar-refractivity contribution in [3.8, 4) is 0 Å². The molecule has 0 unspecified atom stereocenters. The lowest BCUT2D eigenvalue weighted by atomic mass is 10.1. The minimum absolute atomic E-state index is 0.0116. The molecule has 0 aromatic carbocycles. The van der Waals surface area contributed by atoms with Crippen LogP contribution in [0, 0.1) is 5.92 Å². The van der Waals surface area contributed by atoms with Crippen molar-refractivity contribution in [3.05, 3.63) is 0 Å². The summed E-state index contributed by atoms with van der Waals surface area (Å²) in [6, 6.07) is 0. The fraction of sp³-hybridized carbons (Fsp3) is 0.857. The van der Waals surface area contributed by atoms with Gasteiger partial charge in [0.25, 0.3) is 0 Å². The van der Waals surface area contributed by atoms with Crippen molar-refractivity contribution in [1.29, 1.82) is 0 Å². The van der Waals surface area contributed by atoms with Crippen molar-refractivity contribution in [2.45, 2.75) is 27.2 Å². The Morgan fingerprint density at radius 3 is 2.05 bits per heavy atom. The highest BCUT2D eigenvalue weighted by Crippen LogP contribution is 1.94. The van der Waals surface area contributed by atoms with Crippen LogP contribution in [0.4, 0.5) is 0 Å². The second-order valence-electron chi connectivity index (χ2n) is 4.60. The number of carbonyl (C=O) groups is 2. The van der Waals surface area contributed by atoms with Crippen molar-refractivity contribution in [3.63, 3.8) is 0 Å². The summed E-state index contributed by atoms with van der Waals surface area (Å²) >= 11 is 0. The third-order valence-electron chi connectivity index (χ3n) is 2.52. The van der Waals surface area contributed by atoms with Gasteiger partial charge in [-0.05, 0) is 0 Å². The topological polar surface area (TPSA) is 73.9 Å². The highest BCUT2D eigenvalue weighted by atomic mass is 16.5. The summed E-state index contributed by atoms with van der Waals surface area (Å²) in [7, 11) is 0. The molecule has 0 aliphatic carbocycles. The quantitative estimate of drug-likeness (QED) is 0.507. The molecule has 1 N–H and O–H groups in total. The van der Waals surface area contributed by atoms with E-state index in [0.717, 1.165) is 0 Å². The van der Waals surface area contributed by atoms with Crippen LogP contribution in [0.15, 0.2) is 0 Å². The van der Waals surface area contributed by atoms with Crippen LogP contribution in [0.25, 0.3) is 0 Å². The van der Waals surface area contributed by atoms with Crippen molar-refractivity contribution < 1.29 is 23.8 Å². The second-order valence-corrected chi connectivity index (χ2v) is 4.60. The standard InChI is InChI=1S/C14H27NO5/c1-4-14(17)15-5-6-18-7-8-19-9-10-20-11-13(16)12(2)3/h12H,4-11H2,1-3H3,(H,15,17). The predicted octanol–water partition coefficient (Wildman–Crippen LogP) is 0.788. The van der Waals surface area contributed by atoms with Crippen molar-refractivity contribution in [1.82, 2.24) is 5.32 Å². The number of carbonyl (C=O) groups excluding carboxylic acids is 2. The smallest absolute Gasteiger partial charge is 0.219 e. The Morgan fingerprint density at radius 1 is 0.950 bits per heavy atom. The highest BCUT2D eigenvalue weighted by Gasteiger charge is 2.06. The summed E-state index contributed by atoms with van der Waals surface area (Å²) in [6.45, 7) is 8.46. The molecule has 0 aromatic heterocycles. The molecule has 118 valence electrons. The van der Waals surface area contributed by atoms with E-state index in [2.05, 4.69) is 5.32 Å². The van der Waals surface area contributed by atoms with E-state index in [9.17, 15) is 9.59 Å². The second kappa shape index (κ2) is 13.0. The molecule has 6 heteroatoms. The fourth-order valence-electron chi connectivity index (χ4n) is 1.17. The van der Waals surface area contributed by atoms with Crippen LogP contribution >= 0.6 is 0 Å². The lowest BCUT2D eigenvalue weighted by Crippen LogP contribution is -2.26. The van der Waals surface area contributed by atoms with Gasteiger partial charge in [-0.15, -0.1) is 0 Å². The first-order valence-corrected chi connectivity index (χ1v) is 7.10. The molecule has 0 aromatic rings. The Hall–Kier alpha value is -0.980. The molecule has 20 heavy (non-hydrogen) atoms. The molecule has 0 atom stereocenters. The van der Waals surface area contributed by atoms with Crippen molar-refractivity contribution in [2.75, 3.05) is 46.2 Å². The van der Waals surface area contributed by atoms with Crippen LogP contribution in [0.1, 0.15) is 27.2 Å². The molecule has 0 saturated heterocycles. The molecule has 0 saturated carbocycles. The Balaban J connectivity index is 3.14. The lowest BCUT2D eigenvalue weighted by molar-refractivity contribution is -0.127. The van der Waals surface area contributed by atoms with Gasteiger partial charge >= 0.3 is 0 Å². The zero-order chi connectivity index (χ0) is 15.2. The SMILES string of the molecule is CCC(=O)NCCOCCOCCOCC(=O)C(C)C. The summed E-state index contributed by atoms with van der Waals surface area (Å²) < 4.78 is 15.7. The predicted molar refractivity (Wildman–Crippen MR) is 75.6 cm³/mol. The third-order valence-corrected chi connectivity index (χ3v) is 2.52. The van der Waals surface area contributed by atoms with E-state index in [0.29, 0.717) is 46.0 Å². The number of ketones is 1. The average Bonchev–Trinajstić information content (AvgIpc) is 2.43. The number of Topliss-reactive ketones (excluding diaryl/α,β-unsaturated/α-hetero) is 1. The molecule has 0 bridgehead atoms. The Morgan fingerprint density at radius 2 is 1.50 bits per heavy atom. The van der Waals surface area contributed by atoms with Gasteiger partial charge in [0.1, 0.15) is 6.61 Å². The molecular formula is C14H27NO5. The third kappa shape index (κ3) is 12.1. The molecular weight excluding hydrogens is 262 g/mol. The molecule has 0 radical (unpaired) electrons. The lowest BCUT2D eigenvalue weighted by Gasteiger charge is -2.08.